The molecule has 1 aliphatic heterocycles. The predicted molar refractivity (Wildman–Crippen MR) is 98.3 cm³/mol. The van der Waals surface area contributed by atoms with E-state index >= 15 is 0 Å². The molecule has 0 unspecified atom stereocenters. The number of urea groups is 1. The van der Waals surface area contributed by atoms with Crippen molar-refractivity contribution in [3.05, 3.63) is 66.0 Å². The highest BCUT2D eigenvalue weighted by Gasteiger charge is 2.23. The minimum atomic E-state index is -0.310. The van der Waals surface area contributed by atoms with Gasteiger partial charge in [-0.15, -0.1) is 0 Å². The molecule has 5 nitrogen and oxygen atoms in total. The van der Waals surface area contributed by atoms with Gasteiger partial charge in [0.15, 0.2) is 0 Å². The van der Waals surface area contributed by atoms with Gasteiger partial charge in [-0.2, -0.15) is 0 Å². The average Bonchev–Trinajstić information content (AvgIpc) is 2.65. The number of hydrogen-bond donors (Lipinski definition) is 2. The Morgan fingerprint density at radius 3 is 2.31 bits per heavy atom. The summed E-state index contributed by atoms with van der Waals surface area (Å²) in [6, 6.07) is 15.2. The molecule has 1 aliphatic rings. The van der Waals surface area contributed by atoms with Crippen LogP contribution in [-0.4, -0.2) is 36.0 Å². The van der Waals surface area contributed by atoms with E-state index in [0.29, 0.717) is 13.1 Å². The predicted octanol–water partition coefficient (Wildman–Crippen LogP) is 3.18. The summed E-state index contributed by atoms with van der Waals surface area (Å²) in [5.74, 6) is -0.390. The second-order valence-corrected chi connectivity index (χ2v) is 6.43. The molecule has 3 amide bonds. The molecule has 1 heterocycles. The first-order valence-corrected chi connectivity index (χ1v) is 8.75. The molecule has 0 radical (unpaired) electrons. The van der Waals surface area contributed by atoms with E-state index in [1.807, 2.05) is 30.3 Å². The molecule has 0 aromatic heterocycles. The topological polar surface area (TPSA) is 61.4 Å². The van der Waals surface area contributed by atoms with Crippen LogP contribution in [0.1, 0.15) is 18.4 Å². The fourth-order valence-electron chi connectivity index (χ4n) is 3.02. The average molecular weight is 355 g/mol. The van der Waals surface area contributed by atoms with Crippen LogP contribution in [0.5, 0.6) is 0 Å². The lowest BCUT2D eigenvalue weighted by Gasteiger charge is -2.32. The zero-order valence-electron chi connectivity index (χ0n) is 14.5. The molecule has 2 N–H and O–H groups in total. The SMILES string of the molecule is O=C(Cc1ccc(F)cc1)NC1CCN(C(=O)Nc2ccccc2)CC1. The first-order chi connectivity index (χ1) is 12.6. The third-order valence-corrected chi connectivity index (χ3v) is 4.45. The first-order valence-electron chi connectivity index (χ1n) is 8.75. The molecule has 3 rings (SSSR count). The molecule has 1 saturated heterocycles. The van der Waals surface area contributed by atoms with Gasteiger partial charge < -0.3 is 15.5 Å². The number of carbonyl (C=O) groups excluding carboxylic acids is 2. The second-order valence-electron chi connectivity index (χ2n) is 6.43. The van der Waals surface area contributed by atoms with E-state index in [0.717, 1.165) is 24.1 Å². The summed E-state index contributed by atoms with van der Waals surface area (Å²) in [6.45, 7) is 1.19. The van der Waals surface area contributed by atoms with Crippen molar-refractivity contribution in [3.63, 3.8) is 0 Å². The summed E-state index contributed by atoms with van der Waals surface area (Å²) in [7, 11) is 0. The standard InChI is InChI=1S/C20H22FN3O2/c21-16-8-6-15(7-9-16)14-19(25)22-18-10-12-24(13-11-18)20(26)23-17-4-2-1-3-5-17/h1-9,18H,10-14H2,(H,22,25)(H,23,26). The molecule has 0 spiro atoms. The van der Waals surface area contributed by atoms with Gasteiger partial charge in [0, 0.05) is 24.8 Å². The molecule has 1 fully saturated rings. The van der Waals surface area contributed by atoms with Gasteiger partial charge in [-0.25, -0.2) is 9.18 Å². The van der Waals surface area contributed by atoms with Crippen molar-refractivity contribution < 1.29 is 14.0 Å². The summed E-state index contributed by atoms with van der Waals surface area (Å²) < 4.78 is 12.9. The lowest BCUT2D eigenvalue weighted by atomic mass is 10.0. The quantitative estimate of drug-likeness (QED) is 0.885. The van der Waals surface area contributed by atoms with E-state index < -0.39 is 0 Å². The van der Waals surface area contributed by atoms with Crippen molar-refractivity contribution >= 4 is 17.6 Å². The van der Waals surface area contributed by atoms with Gasteiger partial charge in [-0.05, 0) is 42.7 Å². The lowest BCUT2D eigenvalue weighted by molar-refractivity contribution is -0.121. The smallest absolute Gasteiger partial charge is 0.321 e. The highest BCUT2D eigenvalue weighted by atomic mass is 19.1. The Kier molecular flexibility index (Phi) is 5.84. The number of nitrogens with one attached hydrogen (secondary N) is 2. The van der Waals surface area contributed by atoms with Crippen LogP contribution in [0.2, 0.25) is 0 Å². The Morgan fingerprint density at radius 1 is 1.00 bits per heavy atom. The van der Waals surface area contributed by atoms with Crippen molar-refractivity contribution in [1.82, 2.24) is 10.2 Å². The van der Waals surface area contributed by atoms with E-state index in [1.54, 1.807) is 17.0 Å². The Balaban J connectivity index is 1.42. The number of anilines is 1. The minimum absolute atomic E-state index is 0.0590. The summed E-state index contributed by atoms with van der Waals surface area (Å²) >= 11 is 0. The molecule has 6 heteroatoms. The summed E-state index contributed by atoms with van der Waals surface area (Å²) in [5.41, 5.74) is 1.55. The highest BCUT2D eigenvalue weighted by Crippen LogP contribution is 2.13. The zero-order chi connectivity index (χ0) is 18.4. The Bertz CT molecular complexity index is 741. The number of benzene rings is 2. The van der Waals surface area contributed by atoms with Gasteiger partial charge in [-0.1, -0.05) is 30.3 Å². The third-order valence-electron chi connectivity index (χ3n) is 4.45. The van der Waals surface area contributed by atoms with Crippen LogP contribution < -0.4 is 10.6 Å². The number of para-hydroxylation sites is 1. The number of piperidine rings is 1. The fourth-order valence-corrected chi connectivity index (χ4v) is 3.02. The van der Waals surface area contributed by atoms with Gasteiger partial charge in [-0.3, -0.25) is 4.79 Å². The Labute approximate surface area is 152 Å². The van der Waals surface area contributed by atoms with Crippen molar-refractivity contribution in [2.24, 2.45) is 0 Å². The van der Waals surface area contributed by atoms with Crippen LogP contribution in [0, 0.1) is 5.82 Å². The van der Waals surface area contributed by atoms with Crippen LogP contribution in [-0.2, 0) is 11.2 Å². The Morgan fingerprint density at radius 2 is 1.65 bits per heavy atom. The number of carbonyl (C=O) groups is 2. The number of rotatable bonds is 4. The van der Waals surface area contributed by atoms with Crippen LogP contribution in [0.25, 0.3) is 0 Å². The van der Waals surface area contributed by atoms with E-state index in [2.05, 4.69) is 10.6 Å². The minimum Gasteiger partial charge on any atom is -0.353 e. The molecule has 0 aliphatic carbocycles. The normalized spacial score (nSPS) is 14.7. The fraction of sp³-hybridized carbons (Fsp3) is 0.300. The Hall–Kier alpha value is -2.89. The number of nitrogens with zero attached hydrogens (tertiary/aromatic N) is 1. The molecule has 0 atom stereocenters. The van der Waals surface area contributed by atoms with E-state index in [9.17, 15) is 14.0 Å². The largest absolute Gasteiger partial charge is 0.353 e. The second kappa shape index (κ2) is 8.47. The van der Waals surface area contributed by atoms with Crippen molar-refractivity contribution in [2.75, 3.05) is 18.4 Å². The maximum Gasteiger partial charge on any atom is 0.321 e. The molecular formula is C20H22FN3O2. The van der Waals surface area contributed by atoms with Crippen molar-refractivity contribution in [1.29, 1.82) is 0 Å². The maximum atomic E-state index is 12.9. The van der Waals surface area contributed by atoms with Crippen molar-refractivity contribution in [2.45, 2.75) is 25.3 Å². The summed E-state index contributed by atoms with van der Waals surface area (Å²) in [4.78, 5) is 26.1. The van der Waals surface area contributed by atoms with Gasteiger partial charge in [0.1, 0.15) is 5.82 Å². The van der Waals surface area contributed by atoms with Gasteiger partial charge in [0.05, 0.1) is 6.42 Å². The van der Waals surface area contributed by atoms with Crippen LogP contribution in [0.4, 0.5) is 14.9 Å². The number of amides is 3. The van der Waals surface area contributed by atoms with Gasteiger partial charge in [0.2, 0.25) is 5.91 Å². The maximum absolute atomic E-state index is 12.9. The monoisotopic (exact) mass is 355 g/mol. The van der Waals surface area contributed by atoms with Crippen LogP contribution in [0.15, 0.2) is 54.6 Å². The van der Waals surface area contributed by atoms with Crippen LogP contribution in [0.3, 0.4) is 0 Å². The van der Waals surface area contributed by atoms with Gasteiger partial charge >= 0.3 is 6.03 Å². The molecule has 136 valence electrons. The molecule has 26 heavy (non-hydrogen) atoms. The lowest BCUT2D eigenvalue weighted by Crippen LogP contribution is -2.48. The highest BCUT2D eigenvalue weighted by molar-refractivity contribution is 5.89. The molecule has 0 bridgehead atoms. The summed E-state index contributed by atoms with van der Waals surface area (Å²) in [6.07, 6.45) is 1.67. The van der Waals surface area contributed by atoms with E-state index in [1.165, 1.54) is 12.1 Å². The van der Waals surface area contributed by atoms with Crippen molar-refractivity contribution in [3.8, 4) is 0 Å². The van der Waals surface area contributed by atoms with Gasteiger partial charge in [0.25, 0.3) is 0 Å². The molecular weight excluding hydrogens is 333 g/mol. The van der Waals surface area contributed by atoms with E-state index in [4.69, 9.17) is 0 Å². The number of likely N-dealkylation sites (tertiary alicyclic amines) is 1. The number of halogens is 1. The third kappa shape index (κ3) is 5.05. The summed E-state index contributed by atoms with van der Waals surface area (Å²) in [5, 5.41) is 5.87. The molecule has 0 saturated carbocycles. The zero-order valence-corrected chi connectivity index (χ0v) is 14.5. The molecule has 2 aromatic rings. The van der Waals surface area contributed by atoms with E-state index in [-0.39, 0.29) is 30.2 Å². The first kappa shape index (κ1) is 17.9. The molecule has 2 aromatic carbocycles. The van der Waals surface area contributed by atoms with Crippen LogP contribution >= 0.6 is 0 Å². The number of hydrogen-bond acceptors (Lipinski definition) is 2.